The van der Waals surface area contributed by atoms with Crippen molar-refractivity contribution in [1.82, 2.24) is 9.80 Å². The Hall–Kier alpha value is -2.84. The van der Waals surface area contributed by atoms with Gasteiger partial charge in [0, 0.05) is 22.8 Å². The number of benzene rings is 1. The maximum absolute atomic E-state index is 13.5. The Morgan fingerprint density at radius 1 is 0.914 bits per heavy atom. The van der Waals surface area contributed by atoms with Gasteiger partial charge in [-0.25, -0.2) is 0 Å². The van der Waals surface area contributed by atoms with Gasteiger partial charge < -0.3 is 19.3 Å². The van der Waals surface area contributed by atoms with Crippen LogP contribution in [0.2, 0.25) is 0 Å². The molecule has 2 amide bonds. The van der Waals surface area contributed by atoms with Crippen LogP contribution in [-0.2, 0) is 29.0 Å². The van der Waals surface area contributed by atoms with Crippen LogP contribution in [0, 0.1) is 6.92 Å². The van der Waals surface area contributed by atoms with Gasteiger partial charge in [-0.1, -0.05) is 19.1 Å². The number of carbonyl (C=O) groups excluding carboxylic acids is 2. The first kappa shape index (κ1) is 26.8. The van der Waals surface area contributed by atoms with Crippen LogP contribution in [0.4, 0.5) is 0 Å². The maximum Gasteiger partial charge on any atom is 0.242 e. The lowest BCUT2D eigenvalue weighted by Gasteiger charge is -2.28. The van der Waals surface area contributed by atoms with Crippen molar-refractivity contribution in [3.05, 3.63) is 68.0 Å². The van der Waals surface area contributed by atoms with Crippen molar-refractivity contribution in [2.75, 3.05) is 33.9 Å². The molecule has 0 aliphatic heterocycles. The van der Waals surface area contributed by atoms with E-state index < -0.39 is 0 Å². The summed E-state index contributed by atoms with van der Waals surface area (Å²) in [5.74, 6) is 1.31. The third kappa shape index (κ3) is 7.57. The van der Waals surface area contributed by atoms with Gasteiger partial charge in [0.05, 0.1) is 33.7 Å². The van der Waals surface area contributed by atoms with Gasteiger partial charge >= 0.3 is 0 Å². The summed E-state index contributed by atoms with van der Waals surface area (Å²) in [7, 11) is 3.23. The number of hydrogen-bond donors (Lipinski definition) is 0. The Balaban J connectivity index is 1.73. The van der Waals surface area contributed by atoms with Gasteiger partial charge in [-0.3, -0.25) is 9.59 Å². The minimum Gasteiger partial charge on any atom is -0.493 e. The molecule has 0 aliphatic carbocycles. The molecule has 188 valence electrons. The Kier molecular flexibility index (Phi) is 10.2. The molecule has 3 aromatic rings. The van der Waals surface area contributed by atoms with Gasteiger partial charge in [-0.2, -0.15) is 0 Å². The van der Waals surface area contributed by atoms with E-state index in [0.29, 0.717) is 44.0 Å². The summed E-state index contributed by atoms with van der Waals surface area (Å²) in [6, 6.07) is 11.8. The highest BCUT2D eigenvalue weighted by Crippen LogP contribution is 2.28. The lowest BCUT2D eigenvalue weighted by molar-refractivity contribution is -0.140. The Morgan fingerprint density at radius 3 is 2.34 bits per heavy atom. The molecule has 8 heteroatoms. The molecule has 2 aromatic heterocycles. The molecule has 6 nitrogen and oxygen atoms in total. The highest BCUT2D eigenvalue weighted by molar-refractivity contribution is 7.10. The first-order chi connectivity index (χ1) is 16.9. The van der Waals surface area contributed by atoms with E-state index in [1.807, 2.05) is 47.5 Å². The van der Waals surface area contributed by atoms with Crippen molar-refractivity contribution in [2.45, 2.75) is 39.7 Å². The van der Waals surface area contributed by atoms with Crippen LogP contribution in [-0.4, -0.2) is 55.5 Å². The number of hydrogen-bond acceptors (Lipinski definition) is 6. The molecule has 0 atom stereocenters. The Bertz CT molecular complexity index is 1090. The molecule has 1 aromatic carbocycles. The smallest absolute Gasteiger partial charge is 0.242 e. The van der Waals surface area contributed by atoms with Crippen molar-refractivity contribution in [3.8, 4) is 11.5 Å². The van der Waals surface area contributed by atoms with Crippen LogP contribution in [0.3, 0.4) is 0 Å². The molecule has 0 fully saturated rings. The number of rotatable bonds is 13. The predicted octanol–water partition coefficient (Wildman–Crippen LogP) is 5.19. The largest absolute Gasteiger partial charge is 0.493 e. The molecule has 0 spiro atoms. The summed E-state index contributed by atoms with van der Waals surface area (Å²) >= 11 is 3.22. The van der Waals surface area contributed by atoms with Crippen molar-refractivity contribution in [2.24, 2.45) is 0 Å². The van der Waals surface area contributed by atoms with Crippen LogP contribution in [0.5, 0.6) is 11.5 Å². The molecule has 3 rings (SSSR count). The van der Waals surface area contributed by atoms with Gasteiger partial charge in [0.1, 0.15) is 0 Å². The number of carbonyl (C=O) groups is 2. The minimum absolute atomic E-state index is 0.00482. The first-order valence-corrected chi connectivity index (χ1v) is 13.5. The zero-order chi connectivity index (χ0) is 25.2. The Labute approximate surface area is 216 Å². The second-order valence-electron chi connectivity index (χ2n) is 8.35. The highest BCUT2D eigenvalue weighted by atomic mass is 32.1. The molecule has 0 radical (unpaired) electrons. The summed E-state index contributed by atoms with van der Waals surface area (Å²) < 4.78 is 10.8. The van der Waals surface area contributed by atoms with Crippen LogP contribution in [0.15, 0.2) is 47.2 Å². The molecule has 0 N–H and O–H groups in total. The average Bonchev–Trinajstić information content (AvgIpc) is 3.52. The topological polar surface area (TPSA) is 59.1 Å². The molecular formula is C27H34N2O4S2. The fourth-order valence-corrected chi connectivity index (χ4v) is 5.45. The fourth-order valence-electron chi connectivity index (χ4n) is 3.83. The monoisotopic (exact) mass is 514 g/mol. The third-order valence-corrected chi connectivity index (χ3v) is 7.74. The SMILES string of the molecule is CCCN(CC(=O)N(CCc1ccc(OC)c(OC)c1)Cc1sccc1C)C(=O)Cc1cccs1. The van der Waals surface area contributed by atoms with Gasteiger partial charge in [-0.15, -0.1) is 22.7 Å². The third-order valence-electron chi connectivity index (χ3n) is 5.85. The van der Waals surface area contributed by atoms with Gasteiger partial charge in [0.25, 0.3) is 0 Å². The van der Waals surface area contributed by atoms with E-state index in [4.69, 9.17) is 9.47 Å². The quantitative estimate of drug-likeness (QED) is 0.315. The summed E-state index contributed by atoms with van der Waals surface area (Å²) in [5, 5.41) is 4.02. The normalized spacial score (nSPS) is 10.7. The Morgan fingerprint density at radius 2 is 1.71 bits per heavy atom. The highest BCUT2D eigenvalue weighted by Gasteiger charge is 2.22. The fraction of sp³-hybridized carbons (Fsp3) is 0.407. The van der Waals surface area contributed by atoms with Crippen molar-refractivity contribution in [3.63, 3.8) is 0 Å². The van der Waals surface area contributed by atoms with Gasteiger partial charge in [0.2, 0.25) is 11.8 Å². The van der Waals surface area contributed by atoms with Crippen LogP contribution >= 0.6 is 22.7 Å². The van der Waals surface area contributed by atoms with Crippen molar-refractivity contribution in [1.29, 1.82) is 0 Å². The molecule has 35 heavy (non-hydrogen) atoms. The van der Waals surface area contributed by atoms with Gasteiger partial charge in [-0.05, 0) is 65.9 Å². The summed E-state index contributed by atoms with van der Waals surface area (Å²) in [6.45, 7) is 5.84. The number of amides is 2. The first-order valence-electron chi connectivity index (χ1n) is 11.8. The molecule has 0 saturated heterocycles. The molecule has 0 aliphatic rings. The molecular weight excluding hydrogens is 480 g/mol. The van der Waals surface area contributed by atoms with Crippen molar-refractivity contribution >= 4 is 34.5 Å². The second kappa shape index (κ2) is 13.3. The molecule has 2 heterocycles. The second-order valence-corrected chi connectivity index (χ2v) is 10.4. The number of methoxy groups -OCH3 is 2. The summed E-state index contributed by atoms with van der Waals surface area (Å²) in [6.07, 6.45) is 1.81. The molecule has 0 unspecified atom stereocenters. The summed E-state index contributed by atoms with van der Waals surface area (Å²) in [5.41, 5.74) is 2.24. The van der Waals surface area contributed by atoms with E-state index in [0.717, 1.165) is 21.7 Å². The van der Waals surface area contributed by atoms with Crippen molar-refractivity contribution < 1.29 is 19.1 Å². The lowest BCUT2D eigenvalue weighted by atomic mass is 10.1. The molecule has 0 bridgehead atoms. The average molecular weight is 515 g/mol. The minimum atomic E-state index is -0.0359. The van der Waals surface area contributed by atoms with Gasteiger partial charge in [0.15, 0.2) is 11.5 Å². The van der Waals surface area contributed by atoms with E-state index in [2.05, 4.69) is 18.4 Å². The number of nitrogens with zero attached hydrogens (tertiary/aromatic N) is 2. The molecule has 0 saturated carbocycles. The number of aryl methyl sites for hydroxylation is 1. The van der Waals surface area contributed by atoms with Crippen LogP contribution < -0.4 is 9.47 Å². The van der Waals surface area contributed by atoms with E-state index >= 15 is 0 Å². The van der Waals surface area contributed by atoms with E-state index in [-0.39, 0.29) is 18.4 Å². The predicted molar refractivity (Wildman–Crippen MR) is 143 cm³/mol. The summed E-state index contributed by atoms with van der Waals surface area (Å²) in [4.78, 5) is 32.2. The van der Waals surface area contributed by atoms with Crippen LogP contribution in [0.25, 0.3) is 0 Å². The van der Waals surface area contributed by atoms with E-state index in [1.54, 1.807) is 41.8 Å². The number of ether oxygens (including phenoxy) is 2. The van der Waals surface area contributed by atoms with Crippen LogP contribution in [0.1, 0.15) is 34.2 Å². The zero-order valence-corrected chi connectivity index (χ0v) is 22.5. The number of thiophene rings is 2. The maximum atomic E-state index is 13.5. The van der Waals surface area contributed by atoms with E-state index in [1.165, 1.54) is 5.56 Å². The lowest BCUT2D eigenvalue weighted by Crippen LogP contribution is -2.44. The van der Waals surface area contributed by atoms with E-state index in [9.17, 15) is 9.59 Å². The standard InChI is InChI=1S/C27H34N2O4S2/c1-5-12-28(26(30)17-22-7-6-14-34-22)19-27(31)29(18-25-20(2)11-15-35-25)13-10-21-8-9-23(32-3)24(16-21)33-4/h6-9,11,14-16H,5,10,12-13,17-19H2,1-4H3. The zero-order valence-electron chi connectivity index (χ0n) is 20.9.